The number of hydrogen-bond acceptors (Lipinski definition) is 2. The summed E-state index contributed by atoms with van der Waals surface area (Å²) < 4.78 is 0. The number of aliphatic imine (C=N–C) groups is 1. The van der Waals surface area contributed by atoms with Gasteiger partial charge in [-0.1, -0.05) is 20.3 Å². The van der Waals surface area contributed by atoms with Gasteiger partial charge in [0.1, 0.15) is 0 Å². The Hall–Kier alpha value is 0.350. The second-order valence-corrected chi connectivity index (χ2v) is 6.54. The van der Waals surface area contributed by atoms with E-state index >= 15 is 0 Å². The van der Waals surface area contributed by atoms with Gasteiger partial charge in [-0.2, -0.15) is 11.8 Å². The first-order valence-corrected chi connectivity index (χ1v) is 8.49. The zero-order valence-corrected chi connectivity index (χ0v) is 16.0. The van der Waals surface area contributed by atoms with Crippen LogP contribution in [0.2, 0.25) is 0 Å². The van der Waals surface area contributed by atoms with Crippen molar-refractivity contribution in [1.29, 1.82) is 0 Å². The van der Waals surface area contributed by atoms with Crippen LogP contribution in [0.25, 0.3) is 0 Å². The van der Waals surface area contributed by atoms with Gasteiger partial charge >= 0.3 is 0 Å². The van der Waals surface area contributed by atoms with Crippen LogP contribution in [0.1, 0.15) is 39.5 Å². The Bertz CT molecular complexity index is 269. The molecule has 3 nitrogen and oxygen atoms in total. The third-order valence-electron chi connectivity index (χ3n) is 3.74. The third kappa shape index (κ3) is 6.56. The summed E-state index contributed by atoms with van der Waals surface area (Å²) >= 11 is 1.87. The normalized spacial score (nSPS) is 24.0. The van der Waals surface area contributed by atoms with E-state index in [9.17, 15) is 0 Å². The average molecular weight is 399 g/mol. The fraction of sp³-hybridized carbons (Fsp3) is 0.929. The minimum atomic E-state index is 0. The van der Waals surface area contributed by atoms with Gasteiger partial charge < -0.3 is 10.2 Å². The molecule has 1 unspecified atom stereocenters. The molecule has 0 radical (unpaired) electrons. The maximum atomic E-state index is 4.43. The fourth-order valence-electron chi connectivity index (χ4n) is 2.90. The molecule has 1 fully saturated rings. The summed E-state index contributed by atoms with van der Waals surface area (Å²) in [5, 5.41) is 3.48. The molecule has 0 aromatic carbocycles. The topological polar surface area (TPSA) is 27.6 Å². The number of likely N-dealkylation sites (tertiary alicyclic amines) is 1. The highest BCUT2D eigenvalue weighted by Gasteiger charge is 2.31. The van der Waals surface area contributed by atoms with E-state index in [0.717, 1.165) is 31.3 Å². The molecule has 1 atom stereocenters. The molecular weight excluding hydrogens is 369 g/mol. The molecule has 114 valence electrons. The maximum Gasteiger partial charge on any atom is 0.193 e. The summed E-state index contributed by atoms with van der Waals surface area (Å²) in [6.45, 7) is 8.03. The summed E-state index contributed by atoms with van der Waals surface area (Å²) in [5.41, 5.74) is 0.476. The van der Waals surface area contributed by atoms with Crippen molar-refractivity contribution in [2.75, 3.05) is 38.7 Å². The van der Waals surface area contributed by atoms with E-state index in [1.165, 1.54) is 25.7 Å². The Morgan fingerprint density at radius 2 is 2.21 bits per heavy atom. The molecule has 0 aromatic heterocycles. The van der Waals surface area contributed by atoms with Crippen LogP contribution < -0.4 is 5.32 Å². The minimum Gasteiger partial charge on any atom is -0.355 e. The lowest BCUT2D eigenvalue weighted by molar-refractivity contribution is 0.143. The van der Waals surface area contributed by atoms with Crippen molar-refractivity contribution in [3.05, 3.63) is 0 Å². The standard InChI is InChI=1S/C14H29N3S.HI/c1-5-7-14(2)8-6-10-17(12-14)13(15-3)16-9-11-18-4;/h5-12H2,1-4H3,(H,15,16);1H. The van der Waals surface area contributed by atoms with Gasteiger partial charge in [0.05, 0.1) is 0 Å². The van der Waals surface area contributed by atoms with Gasteiger partial charge in [-0.15, -0.1) is 24.0 Å². The van der Waals surface area contributed by atoms with Gasteiger partial charge in [-0.3, -0.25) is 4.99 Å². The van der Waals surface area contributed by atoms with Gasteiger partial charge in [0.15, 0.2) is 5.96 Å². The zero-order chi connectivity index (χ0) is 13.4. The second-order valence-electron chi connectivity index (χ2n) is 5.55. The molecule has 19 heavy (non-hydrogen) atoms. The average Bonchev–Trinajstić information content (AvgIpc) is 2.34. The van der Waals surface area contributed by atoms with Gasteiger partial charge in [-0.25, -0.2) is 0 Å². The van der Waals surface area contributed by atoms with Crippen molar-refractivity contribution in [3.63, 3.8) is 0 Å². The summed E-state index contributed by atoms with van der Waals surface area (Å²) in [4.78, 5) is 6.88. The number of thioether (sulfide) groups is 1. The van der Waals surface area contributed by atoms with Gasteiger partial charge in [0.25, 0.3) is 0 Å². The highest BCUT2D eigenvalue weighted by molar-refractivity contribution is 14.0. The van der Waals surface area contributed by atoms with Crippen molar-refractivity contribution in [2.45, 2.75) is 39.5 Å². The smallest absolute Gasteiger partial charge is 0.193 e. The monoisotopic (exact) mass is 399 g/mol. The van der Waals surface area contributed by atoms with Crippen LogP contribution in [0.5, 0.6) is 0 Å². The molecule has 1 aliphatic heterocycles. The second kappa shape index (κ2) is 10.1. The van der Waals surface area contributed by atoms with E-state index in [2.05, 4.69) is 35.3 Å². The van der Waals surface area contributed by atoms with E-state index in [0.29, 0.717) is 5.41 Å². The van der Waals surface area contributed by atoms with Crippen molar-refractivity contribution in [1.82, 2.24) is 10.2 Å². The first-order valence-electron chi connectivity index (χ1n) is 7.10. The van der Waals surface area contributed by atoms with Crippen LogP contribution in [-0.4, -0.2) is 49.6 Å². The van der Waals surface area contributed by atoms with Crippen LogP contribution in [0, 0.1) is 5.41 Å². The van der Waals surface area contributed by atoms with Crippen molar-refractivity contribution in [2.24, 2.45) is 10.4 Å². The Kier molecular flexibility index (Phi) is 10.3. The number of guanidine groups is 1. The quantitative estimate of drug-likeness (QED) is 0.332. The zero-order valence-electron chi connectivity index (χ0n) is 12.9. The molecule has 1 rings (SSSR count). The third-order valence-corrected chi connectivity index (χ3v) is 4.35. The SMILES string of the molecule is CCCC1(C)CCCN(C(=NC)NCCSC)C1.I. The molecule has 5 heteroatoms. The molecule has 0 spiro atoms. The van der Waals surface area contributed by atoms with Gasteiger partial charge in [0, 0.05) is 32.4 Å². The first kappa shape index (κ1) is 19.4. The van der Waals surface area contributed by atoms with Gasteiger partial charge in [0.2, 0.25) is 0 Å². The van der Waals surface area contributed by atoms with Crippen LogP contribution in [-0.2, 0) is 0 Å². The van der Waals surface area contributed by atoms with Crippen LogP contribution in [0.15, 0.2) is 4.99 Å². The lowest BCUT2D eigenvalue weighted by Gasteiger charge is -2.42. The molecular formula is C14H30IN3S. The van der Waals surface area contributed by atoms with E-state index < -0.39 is 0 Å². The Labute approximate surface area is 140 Å². The molecule has 0 amide bonds. The van der Waals surface area contributed by atoms with E-state index in [1.807, 2.05) is 18.8 Å². The molecule has 0 aromatic rings. The molecule has 0 aliphatic carbocycles. The lowest BCUT2D eigenvalue weighted by Crippen LogP contribution is -2.50. The summed E-state index contributed by atoms with van der Waals surface area (Å²) in [6.07, 6.45) is 7.40. The molecule has 1 heterocycles. The van der Waals surface area contributed by atoms with Gasteiger partial charge in [-0.05, 0) is 30.9 Å². The Morgan fingerprint density at radius 3 is 2.79 bits per heavy atom. The highest BCUT2D eigenvalue weighted by atomic mass is 127. The summed E-state index contributed by atoms with van der Waals surface area (Å²) in [6, 6.07) is 0. The van der Waals surface area contributed by atoms with Crippen molar-refractivity contribution >= 4 is 41.7 Å². The summed E-state index contributed by atoms with van der Waals surface area (Å²) in [5.74, 6) is 2.23. The predicted molar refractivity (Wildman–Crippen MR) is 99.0 cm³/mol. The van der Waals surface area contributed by atoms with Crippen molar-refractivity contribution < 1.29 is 0 Å². The first-order chi connectivity index (χ1) is 8.65. The number of piperidine rings is 1. The van der Waals surface area contributed by atoms with E-state index in [-0.39, 0.29) is 24.0 Å². The number of nitrogens with zero attached hydrogens (tertiary/aromatic N) is 2. The molecule has 1 N–H and O–H groups in total. The van der Waals surface area contributed by atoms with E-state index in [4.69, 9.17) is 0 Å². The predicted octanol–water partition coefficient (Wildman–Crippen LogP) is 3.45. The molecule has 1 aliphatic rings. The maximum absolute atomic E-state index is 4.43. The summed E-state index contributed by atoms with van der Waals surface area (Å²) in [7, 11) is 1.90. The number of hydrogen-bond donors (Lipinski definition) is 1. The largest absolute Gasteiger partial charge is 0.355 e. The van der Waals surface area contributed by atoms with E-state index in [1.54, 1.807) is 0 Å². The Morgan fingerprint density at radius 1 is 1.47 bits per heavy atom. The number of rotatable bonds is 5. The molecule has 0 saturated carbocycles. The fourth-order valence-corrected chi connectivity index (χ4v) is 3.21. The molecule has 1 saturated heterocycles. The van der Waals surface area contributed by atoms with Crippen LogP contribution >= 0.6 is 35.7 Å². The van der Waals surface area contributed by atoms with Crippen LogP contribution in [0.3, 0.4) is 0 Å². The lowest BCUT2D eigenvalue weighted by atomic mass is 9.78. The number of nitrogens with one attached hydrogen (secondary N) is 1. The Balaban J connectivity index is 0.00000324. The van der Waals surface area contributed by atoms with Crippen LogP contribution in [0.4, 0.5) is 0 Å². The van der Waals surface area contributed by atoms with Crippen molar-refractivity contribution in [3.8, 4) is 0 Å². The highest BCUT2D eigenvalue weighted by Crippen LogP contribution is 2.33. The number of halogens is 1. The molecule has 0 bridgehead atoms. The minimum absolute atomic E-state index is 0.